The van der Waals surface area contributed by atoms with Crippen LogP contribution in [0.15, 0.2) is 4.52 Å². The normalized spacial score (nSPS) is 30.5. The first-order valence-corrected chi connectivity index (χ1v) is 9.77. The van der Waals surface area contributed by atoms with E-state index in [9.17, 15) is 8.42 Å². The van der Waals surface area contributed by atoms with Gasteiger partial charge in [0.05, 0.1) is 17.5 Å². The molecule has 1 aromatic heterocycles. The lowest BCUT2D eigenvalue weighted by Gasteiger charge is -2.35. The highest BCUT2D eigenvalue weighted by atomic mass is 32.2. The molecule has 3 atom stereocenters. The fraction of sp³-hybridized carbons (Fsp3) is 0.857. The predicted octanol–water partition coefficient (Wildman–Crippen LogP) is 0.680. The number of nitrogens with zero attached hydrogens (tertiary/aromatic N) is 3. The Bertz CT molecular complexity index is 609. The van der Waals surface area contributed by atoms with Crippen LogP contribution < -0.4 is 5.32 Å². The Labute approximate surface area is 131 Å². The van der Waals surface area contributed by atoms with Crippen molar-refractivity contribution in [2.24, 2.45) is 0 Å². The molecule has 2 aliphatic heterocycles. The second kappa shape index (κ2) is 6.25. The van der Waals surface area contributed by atoms with Crippen molar-refractivity contribution in [3.05, 3.63) is 11.7 Å². The molecule has 124 valence electrons. The Balaban J connectivity index is 1.71. The average Bonchev–Trinajstić information content (AvgIpc) is 3.03. The zero-order valence-corrected chi connectivity index (χ0v) is 14.0. The van der Waals surface area contributed by atoms with E-state index in [0.29, 0.717) is 11.7 Å². The molecule has 3 heterocycles. The molecule has 0 aliphatic carbocycles. The maximum atomic E-state index is 12.1. The molecule has 2 aliphatic rings. The Kier molecular flexibility index (Phi) is 4.52. The summed E-state index contributed by atoms with van der Waals surface area (Å²) in [7, 11) is -2.99. The molecule has 0 spiro atoms. The van der Waals surface area contributed by atoms with Gasteiger partial charge < -0.3 is 9.84 Å². The summed E-state index contributed by atoms with van der Waals surface area (Å²) in [6.45, 7) is 5.69. The first kappa shape index (κ1) is 15.9. The van der Waals surface area contributed by atoms with Gasteiger partial charge in [-0.25, -0.2) is 8.42 Å². The van der Waals surface area contributed by atoms with Gasteiger partial charge in [-0.2, -0.15) is 4.98 Å². The molecule has 0 amide bonds. The molecule has 0 aromatic carbocycles. The third kappa shape index (κ3) is 3.49. The summed E-state index contributed by atoms with van der Waals surface area (Å²) in [5.41, 5.74) is 0. The second-order valence-corrected chi connectivity index (χ2v) is 8.57. The van der Waals surface area contributed by atoms with Crippen molar-refractivity contribution in [3.63, 3.8) is 0 Å². The lowest BCUT2D eigenvalue weighted by atomic mass is 10.0. The fourth-order valence-corrected chi connectivity index (χ4v) is 5.44. The van der Waals surface area contributed by atoms with Crippen LogP contribution in [0.3, 0.4) is 0 Å². The quantitative estimate of drug-likeness (QED) is 0.869. The number of aryl methyl sites for hydroxylation is 1. The molecular formula is C14H24N4O3S. The summed E-state index contributed by atoms with van der Waals surface area (Å²) < 4.78 is 29.4. The summed E-state index contributed by atoms with van der Waals surface area (Å²) in [4.78, 5) is 6.55. The lowest BCUT2D eigenvalue weighted by molar-refractivity contribution is 0.149. The lowest BCUT2D eigenvalue weighted by Crippen LogP contribution is -2.51. The highest BCUT2D eigenvalue weighted by molar-refractivity contribution is 7.91. The number of hydrogen-bond donors (Lipinski definition) is 1. The van der Waals surface area contributed by atoms with Crippen LogP contribution in [-0.4, -0.2) is 60.1 Å². The fourth-order valence-electron chi connectivity index (χ4n) is 3.48. The van der Waals surface area contributed by atoms with Crippen LogP contribution >= 0.6 is 0 Å². The summed E-state index contributed by atoms with van der Waals surface area (Å²) >= 11 is 0. The van der Waals surface area contributed by atoms with Crippen LogP contribution in [-0.2, 0) is 9.84 Å². The van der Waals surface area contributed by atoms with Crippen molar-refractivity contribution in [1.82, 2.24) is 20.4 Å². The van der Waals surface area contributed by atoms with E-state index in [2.05, 4.69) is 20.4 Å². The molecule has 1 N–H and O–H groups in total. The van der Waals surface area contributed by atoms with Gasteiger partial charge in [-0.3, -0.25) is 4.90 Å². The van der Waals surface area contributed by atoms with E-state index in [-0.39, 0.29) is 29.6 Å². The van der Waals surface area contributed by atoms with E-state index in [1.807, 2.05) is 6.92 Å². The van der Waals surface area contributed by atoms with Crippen LogP contribution in [0.2, 0.25) is 0 Å². The SMILES string of the molecule is Cc1noc(C(C)NC2CS(=O)(=O)CC2N2CCCCC2)n1. The number of likely N-dealkylation sites (tertiary alicyclic amines) is 1. The zero-order valence-electron chi connectivity index (χ0n) is 13.2. The molecule has 3 unspecified atom stereocenters. The number of aromatic nitrogens is 2. The Morgan fingerprint density at radius 1 is 1.27 bits per heavy atom. The minimum Gasteiger partial charge on any atom is -0.338 e. The standard InChI is InChI=1S/C14H24N4O3S/c1-10(14-16-11(2)17-21-14)15-12-8-22(19,20)9-13(12)18-6-4-3-5-7-18/h10,12-13,15H,3-9H2,1-2H3. The number of rotatable bonds is 4. The van der Waals surface area contributed by atoms with Gasteiger partial charge in [-0.15, -0.1) is 0 Å². The van der Waals surface area contributed by atoms with Crippen molar-refractivity contribution in [1.29, 1.82) is 0 Å². The summed E-state index contributed by atoms with van der Waals surface area (Å²) in [5.74, 6) is 1.54. The molecule has 8 heteroatoms. The number of sulfone groups is 1. The Morgan fingerprint density at radius 2 is 2.00 bits per heavy atom. The largest absolute Gasteiger partial charge is 0.338 e. The van der Waals surface area contributed by atoms with Crippen molar-refractivity contribution >= 4 is 9.84 Å². The summed E-state index contributed by atoms with van der Waals surface area (Å²) in [5, 5.41) is 7.19. The first-order chi connectivity index (χ1) is 10.4. The second-order valence-electron chi connectivity index (χ2n) is 6.42. The topological polar surface area (TPSA) is 88.3 Å². The highest BCUT2D eigenvalue weighted by Gasteiger charge is 2.41. The van der Waals surface area contributed by atoms with Crippen molar-refractivity contribution < 1.29 is 12.9 Å². The smallest absolute Gasteiger partial charge is 0.243 e. The average molecular weight is 328 g/mol. The Hall–Kier alpha value is -0.990. The molecule has 1 aromatic rings. The first-order valence-electron chi connectivity index (χ1n) is 7.95. The number of nitrogens with one attached hydrogen (secondary N) is 1. The van der Waals surface area contributed by atoms with E-state index in [0.717, 1.165) is 25.9 Å². The van der Waals surface area contributed by atoms with Gasteiger partial charge >= 0.3 is 0 Å². The highest BCUT2D eigenvalue weighted by Crippen LogP contribution is 2.24. The van der Waals surface area contributed by atoms with E-state index in [4.69, 9.17) is 4.52 Å². The van der Waals surface area contributed by atoms with E-state index in [1.54, 1.807) is 6.92 Å². The van der Waals surface area contributed by atoms with Gasteiger partial charge in [0.2, 0.25) is 5.89 Å². The molecule has 3 rings (SSSR count). The van der Waals surface area contributed by atoms with Crippen LogP contribution in [0.5, 0.6) is 0 Å². The minimum absolute atomic E-state index is 0.0526. The third-order valence-corrected chi connectivity index (χ3v) is 6.28. The monoisotopic (exact) mass is 328 g/mol. The maximum Gasteiger partial charge on any atom is 0.243 e. The summed E-state index contributed by atoms with van der Waals surface area (Å²) in [6, 6.07) is -0.172. The van der Waals surface area contributed by atoms with Gasteiger partial charge in [0.15, 0.2) is 15.7 Å². The third-order valence-electron chi connectivity index (χ3n) is 4.56. The van der Waals surface area contributed by atoms with Crippen molar-refractivity contribution in [3.8, 4) is 0 Å². The van der Waals surface area contributed by atoms with Crippen molar-refractivity contribution in [2.45, 2.75) is 51.2 Å². The molecule has 0 saturated carbocycles. The van der Waals surface area contributed by atoms with Gasteiger partial charge in [0, 0.05) is 12.1 Å². The molecule has 0 radical (unpaired) electrons. The number of piperidine rings is 1. The van der Waals surface area contributed by atoms with Gasteiger partial charge in [-0.1, -0.05) is 11.6 Å². The molecule has 2 fully saturated rings. The molecule has 7 nitrogen and oxygen atoms in total. The summed E-state index contributed by atoms with van der Waals surface area (Å²) in [6.07, 6.45) is 3.55. The molecule has 2 saturated heterocycles. The zero-order chi connectivity index (χ0) is 15.7. The van der Waals surface area contributed by atoms with Crippen LogP contribution in [0, 0.1) is 6.92 Å². The predicted molar refractivity (Wildman–Crippen MR) is 82.2 cm³/mol. The van der Waals surface area contributed by atoms with Crippen LogP contribution in [0.1, 0.15) is 43.9 Å². The molecule has 22 heavy (non-hydrogen) atoms. The minimum atomic E-state index is -2.99. The van der Waals surface area contributed by atoms with E-state index >= 15 is 0 Å². The molecular weight excluding hydrogens is 304 g/mol. The van der Waals surface area contributed by atoms with Crippen LogP contribution in [0.25, 0.3) is 0 Å². The maximum absolute atomic E-state index is 12.1. The number of hydrogen-bond acceptors (Lipinski definition) is 7. The Morgan fingerprint density at radius 3 is 2.64 bits per heavy atom. The van der Waals surface area contributed by atoms with Gasteiger partial charge in [0.25, 0.3) is 0 Å². The van der Waals surface area contributed by atoms with Gasteiger partial charge in [0.1, 0.15) is 0 Å². The van der Waals surface area contributed by atoms with Crippen LogP contribution in [0.4, 0.5) is 0 Å². The van der Waals surface area contributed by atoms with Gasteiger partial charge in [-0.05, 0) is 39.8 Å². The van der Waals surface area contributed by atoms with E-state index in [1.165, 1.54) is 6.42 Å². The van der Waals surface area contributed by atoms with Crippen molar-refractivity contribution in [2.75, 3.05) is 24.6 Å². The molecule has 0 bridgehead atoms. The van der Waals surface area contributed by atoms with E-state index < -0.39 is 9.84 Å².